The van der Waals surface area contributed by atoms with E-state index < -0.39 is 28.5 Å². The summed E-state index contributed by atoms with van der Waals surface area (Å²) in [7, 11) is 0. The highest BCUT2D eigenvalue weighted by Gasteiger charge is 2.84. The van der Waals surface area contributed by atoms with Gasteiger partial charge in [0.25, 0.3) is 0 Å². The SMILES string of the molecule is CC(C)C1=C[C@H]2C[C@]3(C=O)[C@@H]4CC[C@@H](C)[C@H]4C[C@@]2(CO[C@H]2CN(c4ccc(Cl)s4)[C@H](C)CO2)[C@]13C(=O)O. The lowest BCUT2D eigenvalue weighted by Gasteiger charge is -2.58. The number of rotatable bonds is 7. The van der Waals surface area contributed by atoms with Gasteiger partial charge in [-0.05, 0) is 67.9 Å². The van der Waals surface area contributed by atoms with E-state index in [1.807, 2.05) is 12.1 Å². The van der Waals surface area contributed by atoms with Crippen molar-refractivity contribution in [3.05, 3.63) is 28.1 Å². The zero-order chi connectivity index (χ0) is 26.3. The molecule has 0 amide bonds. The van der Waals surface area contributed by atoms with Crippen LogP contribution < -0.4 is 4.90 Å². The number of nitrogens with zero attached hydrogens (tertiary/aromatic N) is 1. The highest BCUT2D eigenvalue weighted by molar-refractivity contribution is 7.19. The minimum Gasteiger partial charge on any atom is -0.481 e. The molecule has 1 aliphatic heterocycles. The van der Waals surface area contributed by atoms with E-state index in [9.17, 15) is 14.7 Å². The van der Waals surface area contributed by atoms with Gasteiger partial charge in [-0.3, -0.25) is 4.79 Å². The first-order valence-electron chi connectivity index (χ1n) is 13.8. The van der Waals surface area contributed by atoms with Gasteiger partial charge in [-0.2, -0.15) is 0 Å². The first-order valence-corrected chi connectivity index (χ1v) is 15.0. The molecule has 3 saturated carbocycles. The van der Waals surface area contributed by atoms with E-state index in [0.717, 1.165) is 40.5 Å². The van der Waals surface area contributed by atoms with Gasteiger partial charge in [-0.15, -0.1) is 11.3 Å². The Bertz CT molecular complexity index is 1140. The summed E-state index contributed by atoms with van der Waals surface area (Å²) < 4.78 is 13.5. The standard InChI is InChI=1S/C29H38ClNO5S/c1-16(2)22-9-19-10-27(14-32)21-6-5-17(3)20(21)11-28(19,29(22,27)26(33)34)15-36-25-12-31(18(4)13-35-25)24-8-7-23(30)37-24/h7-9,14,16-21,25H,5-6,10-13,15H2,1-4H3,(H,33,34)/t17-,18-,19+,20-,21-,25+,27+,28+,29+/m1/s1. The summed E-state index contributed by atoms with van der Waals surface area (Å²) in [4.78, 5) is 29.0. The Morgan fingerprint density at radius 2 is 2.11 bits per heavy atom. The Balaban J connectivity index is 1.36. The third-order valence-electron chi connectivity index (χ3n) is 10.9. The molecule has 0 aromatic carbocycles. The summed E-state index contributed by atoms with van der Waals surface area (Å²) in [5, 5.41) is 12.2. The smallest absolute Gasteiger partial charge is 0.315 e. The molecule has 202 valence electrons. The summed E-state index contributed by atoms with van der Waals surface area (Å²) in [5.41, 5.74) is -1.77. The molecule has 8 heteroatoms. The zero-order valence-corrected chi connectivity index (χ0v) is 23.7. The monoisotopic (exact) mass is 547 g/mol. The van der Waals surface area contributed by atoms with Crippen LogP contribution in [0, 0.1) is 45.8 Å². The maximum atomic E-state index is 13.6. The Morgan fingerprint density at radius 1 is 1.32 bits per heavy atom. The van der Waals surface area contributed by atoms with Crippen molar-refractivity contribution in [1.82, 2.24) is 0 Å². The van der Waals surface area contributed by atoms with Gasteiger partial charge in [0.15, 0.2) is 6.29 Å². The largest absolute Gasteiger partial charge is 0.481 e. The number of carboxylic acids is 1. The van der Waals surface area contributed by atoms with Crippen LogP contribution in [0.25, 0.3) is 0 Å². The van der Waals surface area contributed by atoms with Gasteiger partial charge in [0.05, 0.1) is 40.6 Å². The topological polar surface area (TPSA) is 76.1 Å². The first-order chi connectivity index (χ1) is 17.6. The second-order valence-corrected chi connectivity index (χ2v) is 14.3. The van der Waals surface area contributed by atoms with Crippen molar-refractivity contribution >= 4 is 40.2 Å². The van der Waals surface area contributed by atoms with E-state index in [-0.39, 0.29) is 23.8 Å². The minimum absolute atomic E-state index is 0.0266. The van der Waals surface area contributed by atoms with Crippen molar-refractivity contribution in [3.8, 4) is 0 Å². The number of fused-ring (bicyclic) bond motifs is 2. The van der Waals surface area contributed by atoms with Crippen LogP contribution in [0.15, 0.2) is 23.8 Å². The predicted octanol–water partition coefficient (Wildman–Crippen LogP) is 5.89. The molecule has 0 unspecified atom stereocenters. The van der Waals surface area contributed by atoms with Gasteiger partial charge in [-0.25, -0.2) is 0 Å². The molecule has 0 radical (unpaired) electrons. The minimum atomic E-state index is -1.21. The Kier molecular flexibility index (Phi) is 6.15. The highest BCUT2D eigenvalue weighted by Crippen LogP contribution is 2.82. The van der Waals surface area contributed by atoms with Crippen molar-refractivity contribution < 1.29 is 24.2 Å². The molecule has 2 heterocycles. The molecule has 0 spiro atoms. The van der Waals surface area contributed by atoms with E-state index >= 15 is 0 Å². The number of hydrogen-bond donors (Lipinski definition) is 1. The van der Waals surface area contributed by atoms with Crippen LogP contribution in [0.5, 0.6) is 0 Å². The van der Waals surface area contributed by atoms with Crippen molar-refractivity contribution in [2.45, 2.75) is 65.7 Å². The van der Waals surface area contributed by atoms with Crippen LogP contribution in [0.2, 0.25) is 4.34 Å². The van der Waals surface area contributed by atoms with Crippen LogP contribution >= 0.6 is 22.9 Å². The van der Waals surface area contributed by atoms with E-state index in [0.29, 0.717) is 38.0 Å². The number of hydrogen-bond acceptors (Lipinski definition) is 6. The number of carbonyl (C=O) groups excluding carboxylic acids is 1. The fourth-order valence-corrected chi connectivity index (χ4v) is 10.6. The molecule has 4 fully saturated rings. The van der Waals surface area contributed by atoms with E-state index in [4.69, 9.17) is 21.1 Å². The number of aldehydes is 1. The summed E-state index contributed by atoms with van der Waals surface area (Å²) in [6.07, 6.45) is 6.25. The number of thiophene rings is 1. The first kappa shape index (κ1) is 25.8. The van der Waals surface area contributed by atoms with Crippen molar-refractivity contribution in [1.29, 1.82) is 0 Å². The van der Waals surface area contributed by atoms with Gasteiger partial charge in [-0.1, -0.05) is 50.4 Å². The lowest BCUT2D eigenvalue weighted by molar-refractivity contribution is -0.211. The predicted molar refractivity (Wildman–Crippen MR) is 144 cm³/mol. The number of carboxylic acid groups (broad SMARTS) is 1. The van der Waals surface area contributed by atoms with E-state index in [1.165, 1.54) is 0 Å². The van der Waals surface area contributed by atoms with Crippen molar-refractivity contribution in [2.24, 2.45) is 45.8 Å². The second-order valence-electron chi connectivity index (χ2n) is 12.6. The summed E-state index contributed by atoms with van der Waals surface area (Å²) >= 11 is 7.76. The normalized spacial score (nSPS) is 44.3. The summed E-state index contributed by atoms with van der Waals surface area (Å²) in [6, 6.07) is 4.12. The molecule has 6 rings (SSSR count). The van der Waals surface area contributed by atoms with Crippen LogP contribution in [0.4, 0.5) is 5.00 Å². The molecule has 1 saturated heterocycles. The molecule has 4 bridgehead atoms. The number of ether oxygens (including phenoxy) is 2. The number of morpholine rings is 1. The maximum absolute atomic E-state index is 13.6. The van der Waals surface area contributed by atoms with E-state index in [2.05, 4.69) is 38.7 Å². The lowest BCUT2D eigenvalue weighted by atomic mass is 9.43. The van der Waals surface area contributed by atoms with Crippen LogP contribution in [-0.2, 0) is 19.1 Å². The number of carbonyl (C=O) groups is 2. The molecule has 4 aliphatic carbocycles. The Labute approximate surface area is 228 Å². The molecule has 5 aliphatic rings. The molecule has 37 heavy (non-hydrogen) atoms. The van der Waals surface area contributed by atoms with Crippen LogP contribution in [0.1, 0.15) is 53.4 Å². The number of anilines is 1. The van der Waals surface area contributed by atoms with Gasteiger partial charge >= 0.3 is 5.97 Å². The van der Waals surface area contributed by atoms with Crippen molar-refractivity contribution in [2.75, 3.05) is 24.7 Å². The summed E-state index contributed by atoms with van der Waals surface area (Å²) in [6.45, 7) is 9.93. The Hall–Kier alpha value is -1.41. The third kappa shape index (κ3) is 3.23. The van der Waals surface area contributed by atoms with E-state index in [1.54, 1.807) is 11.3 Å². The molecular weight excluding hydrogens is 510 g/mol. The molecular formula is C29H38ClNO5S. The van der Waals surface area contributed by atoms with Gasteiger partial charge in [0.1, 0.15) is 11.7 Å². The Morgan fingerprint density at radius 3 is 2.76 bits per heavy atom. The average Bonchev–Trinajstić information content (AvgIpc) is 3.58. The van der Waals surface area contributed by atoms with Gasteiger partial charge in [0, 0.05) is 5.41 Å². The molecule has 1 aromatic heterocycles. The molecule has 9 atom stereocenters. The average molecular weight is 548 g/mol. The van der Waals surface area contributed by atoms with Crippen LogP contribution in [0.3, 0.4) is 0 Å². The number of allylic oxidation sites excluding steroid dienone is 1. The quantitative estimate of drug-likeness (QED) is 0.338. The molecule has 6 nitrogen and oxygen atoms in total. The van der Waals surface area contributed by atoms with Gasteiger partial charge < -0.3 is 24.3 Å². The third-order valence-corrected chi connectivity index (χ3v) is 12.2. The molecule has 1 N–H and O–H groups in total. The molecule has 1 aromatic rings. The maximum Gasteiger partial charge on any atom is 0.315 e. The zero-order valence-electron chi connectivity index (χ0n) is 22.1. The summed E-state index contributed by atoms with van der Waals surface area (Å²) in [5.74, 6) is 0.209. The fourth-order valence-electron chi connectivity index (χ4n) is 9.47. The second kappa shape index (κ2) is 8.80. The lowest BCUT2D eigenvalue weighted by Crippen LogP contribution is -2.64. The highest BCUT2D eigenvalue weighted by atomic mass is 35.5. The number of halogens is 1. The van der Waals surface area contributed by atoms with Crippen LogP contribution in [-0.4, -0.2) is 49.5 Å². The van der Waals surface area contributed by atoms with Crippen molar-refractivity contribution in [3.63, 3.8) is 0 Å². The number of aliphatic carboxylic acids is 1. The van der Waals surface area contributed by atoms with Gasteiger partial charge in [0.2, 0.25) is 0 Å². The fraction of sp³-hybridized carbons (Fsp3) is 0.724.